The maximum Gasteiger partial charge on any atom is 0.227 e. The van der Waals surface area contributed by atoms with Crippen LogP contribution in [0.4, 0.5) is 0 Å². The van der Waals surface area contributed by atoms with E-state index < -0.39 is 0 Å². The molecule has 5 nitrogen and oxygen atoms in total. The van der Waals surface area contributed by atoms with Gasteiger partial charge in [-0.2, -0.15) is 4.98 Å². The van der Waals surface area contributed by atoms with Crippen molar-refractivity contribution < 1.29 is 9.26 Å². The molecule has 2 heterocycles. The fourth-order valence-electron chi connectivity index (χ4n) is 2.73. The summed E-state index contributed by atoms with van der Waals surface area (Å²) in [6.45, 7) is 4.74. The molecule has 3 rings (SSSR count). The van der Waals surface area contributed by atoms with Crippen LogP contribution in [0.1, 0.15) is 25.7 Å². The Kier molecular flexibility index (Phi) is 4.50. The lowest BCUT2D eigenvalue weighted by Gasteiger charge is -2.20. The van der Waals surface area contributed by atoms with Crippen LogP contribution in [-0.4, -0.2) is 29.8 Å². The van der Waals surface area contributed by atoms with Crippen molar-refractivity contribution in [3.8, 4) is 17.1 Å². The molecule has 0 saturated carbocycles. The zero-order chi connectivity index (χ0) is 14.5. The number of rotatable bonds is 5. The summed E-state index contributed by atoms with van der Waals surface area (Å²) < 4.78 is 11.0. The minimum atomic E-state index is 0.592. The molecule has 0 spiro atoms. The average molecular weight is 287 g/mol. The summed E-state index contributed by atoms with van der Waals surface area (Å²) in [4.78, 5) is 4.53. The molecule has 2 aromatic rings. The van der Waals surface area contributed by atoms with Crippen molar-refractivity contribution in [2.24, 2.45) is 5.92 Å². The monoisotopic (exact) mass is 287 g/mol. The molecule has 0 aliphatic carbocycles. The zero-order valence-electron chi connectivity index (χ0n) is 12.3. The molecule has 112 valence electrons. The molecule has 0 amide bonds. The Morgan fingerprint density at radius 3 is 3.10 bits per heavy atom. The molecular weight excluding hydrogens is 266 g/mol. The molecule has 1 fully saturated rings. The second-order valence-corrected chi connectivity index (χ2v) is 5.36. The normalized spacial score (nSPS) is 18.6. The van der Waals surface area contributed by atoms with Crippen LogP contribution >= 0.6 is 0 Å². The van der Waals surface area contributed by atoms with Crippen molar-refractivity contribution in [3.05, 3.63) is 30.2 Å². The first-order valence-corrected chi connectivity index (χ1v) is 7.62. The maximum atomic E-state index is 5.62. The first-order valence-electron chi connectivity index (χ1n) is 7.62. The van der Waals surface area contributed by atoms with Crippen molar-refractivity contribution in [2.45, 2.75) is 26.2 Å². The van der Waals surface area contributed by atoms with Crippen LogP contribution in [0.5, 0.6) is 5.75 Å². The van der Waals surface area contributed by atoms with E-state index in [1.54, 1.807) is 0 Å². The van der Waals surface area contributed by atoms with Gasteiger partial charge in [-0.25, -0.2) is 0 Å². The third-order valence-corrected chi connectivity index (χ3v) is 3.76. The van der Waals surface area contributed by atoms with Gasteiger partial charge in [0.1, 0.15) is 5.75 Å². The molecule has 21 heavy (non-hydrogen) atoms. The number of benzene rings is 1. The Hall–Kier alpha value is -1.88. The number of hydrogen-bond donors (Lipinski definition) is 1. The molecule has 1 aromatic heterocycles. The molecule has 1 unspecified atom stereocenters. The molecule has 1 aliphatic heterocycles. The van der Waals surface area contributed by atoms with Gasteiger partial charge in [0.15, 0.2) is 0 Å². The number of para-hydroxylation sites is 1. The van der Waals surface area contributed by atoms with Crippen molar-refractivity contribution >= 4 is 0 Å². The van der Waals surface area contributed by atoms with Crippen LogP contribution in [0, 0.1) is 5.92 Å². The fraction of sp³-hybridized carbons (Fsp3) is 0.500. The molecule has 1 aromatic carbocycles. The van der Waals surface area contributed by atoms with Gasteiger partial charge in [-0.15, -0.1) is 0 Å². The molecule has 0 bridgehead atoms. The van der Waals surface area contributed by atoms with Gasteiger partial charge in [-0.3, -0.25) is 0 Å². The maximum absolute atomic E-state index is 5.62. The summed E-state index contributed by atoms with van der Waals surface area (Å²) in [7, 11) is 0. The predicted molar refractivity (Wildman–Crippen MR) is 80.2 cm³/mol. The Morgan fingerprint density at radius 1 is 1.38 bits per heavy atom. The quantitative estimate of drug-likeness (QED) is 0.916. The zero-order valence-corrected chi connectivity index (χ0v) is 12.3. The highest BCUT2D eigenvalue weighted by molar-refractivity contribution is 5.63. The number of hydrogen-bond acceptors (Lipinski definition) is 5. The van der Waals surface area contributed by atoms with Gasteiger partial charge < -0.3 is 14.6 Å². The van der Waals surface area contributed by atoms with Gasteiger partial charge in [0.05, 0.1) is 12.2 Å². The largest absolute Gasteiger partial charge is 0.493 e. The summed E-state index contributed by atoms with van der Waals surface area (Å²) in [5.41, 5.74) is 0.885. The van der Waals surface area contributed by atoms with Crippen molar-refractivity contribution in [1.82, 2.24) is 15.5 Å². The van der Waals surface area contributed by atoms with Gasteiger partial charge in [-0.1, -0.05) is 17.3 Å². The molecule has 1 N–H and O–H groups in total. The van der Waals surface area contributed by atoms with Crippen LogP contribution in [0.15, 0.2) is 28.8 Å². The fourth-order valence-corrected chi connectivity index (χ4v) is 2.73. The lowest BCUT2D eigenvalue weighted by molar-refractivity contribution is 0.315. The number of ether oxygens (including phenoxy) is 1. The van der Waals surface area contributed by atoms with E-state index in [9.17, 15) is 0 Å². The Morgan fingerprint density at radius 2 is 2.29 bits per heavy atom. The van der Waals surface area contributed by atoms with Gasteiger partial charge in [0.2, 0.25) is 11.7 Å². The highest BCUT2D eigenvalue weighted by atomic mass is 16.5. The number of nitrogens with zero attached hydrogens (tertiary/aromatic N) is 2. The summed E-state index contributed by atoms with van der Waals surface area (Å²) in [6, 6.07) is 7.80. The van der Waals surface area contributed by atoms with E-state index in [1.165, 1.54) is 12.8 Å². The minimum absolute atomic E-state index is 0.592. The van der Waals surface area contributed by atoms with Gasteiger partial charge >= 0.3 is 0 Å². The second-order valence-electron chi connectivity index (χ2n) is 5.36. The molecular formula is C16H21N3O2. The number of piperidine rings is 1. The molecule has 1 saturated heterocycles. The Bertz CT molecular complexity index is 576. The van der Waals surface area contributed by atoms with Crippen molar-refractivity contribution in [1.29, 1.82) is 0 Å². The highest BCUT2D eigenvalue weighted by Gasteiger charge is 2.18. The first-order chi connectivity index (χ1) is 10.4. The lowest BCUT2D eigenvalue weighted by Crippen LogP contribution is -2.30. The number of nitrogens with one attached hydrogen (secondary N) is 1. The van der Waals surface area contributed by atoms with Crippen LogP contribution in [0.25, 0.3) is 11.4 Å². The third kappa shape index (κ3) is 3.42. The highest BCUT2D eigenvalue weighted by Crippen LogP contribution is 2.28. The van der Waals surface area contributed by atoms with Gasteiger partial charge in [-0.05, 0) is 50.9 Å². The molecule has 1 atom stereocenters. The van der Waals surface area contributed by atoms with E-state index in [0.29, 0.717) is 24.2 Å². The van der Waals surface area contributed by atoms with E-state index in [4.69, 9.17) is 9.26 Å². The predicted octanol–water partition coefficient (Wildman–Crippen LogP) is 2.68. The summed E-state index contributed by atoms with van der Waals surface area (Å²) in [6.07, 6.45) is 3.29. The SMILES string of the molecule is CCOc1ccccc1-c1noc(CC2CCCNC2)n1. The number of aromatic nitrogens is 2. The smallest absolute Gasteiger partial charge is 0.227 e. The Labute approximate surface area is 124 Å². The Balaban J connectivity index is 1.75. The van der Waals surface area contributed by atoms with Crippen LogP contribution in [0.3, 0.4) is 0 Å². The van der Waals surface area contributed by atoms with E-state index in [-0.39, 0.29) is 0 Å². The first kappa shape index (κ1) is 14.1. The summed E-state index contributed by atoms with van der Waals surface area (Å²) in [5, 5.41) is 7.52. The van der Waals surface area contributed by atoms with E-state index >= 15 is 0 Å². The summed E-state index contributed by atoms with van der Waals surface area (Å²) >= 11 is 0. The molecule has 1 aliphatic rings. The lowest BCUT2D eigenvalue weighted by atomic mass is 9.96. The standard InChI is InChI=1S/C16H21N3O2/c1-2-20-14-8-4-3-7-13(14)16-18-15(21-19-16)10-12-6-5-9-17-11-12/h3-4,7-8,12,17H,2,5-6,9-11H2,1H3. The van der Waals surface area contributed by atoms with Gasteiger partial charge in [0, 0.05) is 6.42 Å². The van der Waals surface area contributed by atoms with Crippen LogP contribution in [0.2, 0.25) is 0 Å². The van der Waals surface area contributed by atoms with Crippen LogP contribution in [-0.2, 0) is 6.42 Å². The van der Waals surface area contributed by atoms with Crippen molar-refractivity contribution in [3.63, 3.8) is 0 Å². The summed E-state index contributed by atoms with van der Waals surface area (Å²) in [5.74, 6) is 2.71. The van der Waals surface area contributed by atoms with E-state index in [0.717, 1.165) is 30.8 Å². The van der Waals surface area contributed by atoms with Crippen molar-refractivity contribution in [2.75, 3.05) is 19.7 Å². The third-order valence-electron chi connectivity index (χ3n) is 3.76. The minimum Gasteiger partial charge on any atom is -0.493 e. The second kappa shape index (κ2) is 6.72. The van der Waals surface area contributed by atoms with Gasteiger partial charge in [0.25, 0.3) is 0 Å². The topological polar surface area (TPSA) is 60.2 Å². The average Bonchev–Trinajstić information content (AvgIpc) is 2.97. The van der Waals surface area contributed by atoms with Crippen LogP contribution < -0.4 is 10.1 Å². The molecule has 0 radical (unpaired) electrons. The molecule has 5 heteroatoms. The van der Waals surface area contributed by atoms with E-state index in [2.05, 4.69) is 15.5 Å². The van der Waals surface area contributed by atoms with E-state index in [1.807, 2.05) is 31.2 Å².